The molecule has 0 fully saturated rings. The molecule has 6 N–H and O–H groups in total. The number of aliphatic hydroxyl groups is 1. The third-order valence-electron chi connectivity index (χ3n) is 5.69. The Kier molecular flexibility index (Phi) is 8.80. The number of amides is 1. The van der Waals surface area contributed by atoms with Gasteiger partial charge in [-0.2, -0.15) is 0 Å². The van der Waals surface area contributed by atoms with Gasteiger partial charge in [0.25, 0.3) is 5.91 Å². The van der Waals surface area contributed by atoms with Gasteiger partial charge >= 0.3 is 0 Å². The Morgan fingerprint density at radius 1 is 0.973 bits per heavy atom. The van der Waals surface area contributed by atoms with Gasteiger partial charge in [0.2, 0.25) is 10.0 Å². The summed E-state index contributed by atoms with van der Waals surface area (Å²) in [6, 6.07) is 18.2. The standard InChI is InChI=1S/C27H33N3O6S/c1-27(2,29-17-25(33)21-9-12-24(32)23(14-21)30-37(3,35)36)15-18-5-4-6-19(13-18)16-28-26(34)20-7-10-22(31)11-8-20/h4-14,25,29-33H,15-17H2,1-3H3,(H,28,34)/t25-/m0/s1. The lowest BCUT2D eigenvalue weighted by atomic mass is 9.93. The van der Waals surface area contributed by atoms with Gasteiger partial charge in [-0.3, -0.25) is 9.52 Å². The second-order valence-corrected chi connectivity index (χ2v) is 11.4. The van der Waals surface area contributed by atoms with Crippen molar-refractivity contribution in [3.63, 3.8) is 0 Å². The predicted octanol–water partition coefficient (Wildman–Crippen LogP) is 3.04. The molecule has 3 aromatic rings. The summed E-state index contributed by atoms with van der Waals surface area (Å²) in [6.45, 7) is 4.57. The van der Waals surface area contributed by atoms with Crippen LogP contribution in [0.15, 0.2) is 66.7 Å². The van der Waals surface area contributed by atoms with Gasteiger partial charge in [-0.05, 0) is 73.4 Å². The van der Waals surface area contributed by atoms with Crippen LogP contribution >= 0.6 is 0 Å². The average molecular weight is 528 g/mol. The fourth-order valence-electron chi connectivity index (χ4n) is 3.85. The van der Waals surface area contributed by atoms with Crippen LogP contribution in [0.4, 0.5) is 5.69 Å². The van der Waals surface area contributed by atoms with Crippen molar-refractivity contribution in [1.29, 1.82) is 0 Å². The van der Waals surface area contributed by atoms with Crippen LogP contribution in [-0.4, -0.2) is 48.0 Å². The molecule has 1 atom stereocenters. The van der Waals surface area contributed by atoms with Crippen molar-refractivity contribution in [2.24, 2.45) is 0 Å². The van der Waals surface area contributed by atoms with E-state index in [-0.39, 0.29) is 35.2 Å². The Balaban J connectivity index is 1.57. The van der Waals surface area contributed by atoms with Crippen molar-refractivity contribution < 1.29 is 28.5 Å². The number of hydrogen-bond donors (Lipinski definition) is 6. The van der Waals surface area contributed by atoms with Crippen LogP contribution in [0.2, 0.25) is 0 Å². The highest BCUT2D eigenvalue weighted by atomic mass is 32.2. The van der Waals surface area contributed by atoms with E-state index in [0.29, 0.717) is 24.1 Å². The molecule has 3 aromatic carbocycles. The van der Waals surface area contributed by atoms with E-state index in [2.05, 4.69) is 15.4 Å². The fraction of sp³-hybridized carbons (Fsp3) is 0.296. The first-order chi connectivity index (χ1) is 17.3. The van der Waals surface area contributed by atoms with Crippen molar-refractivity contribution in [2.75, 3.05) is 17.5 Å². The van der Waals surface area contributed by atoms with Crippen LogP contribution < -0.4 is 15.4 Å². The van der Waals surface area contributed by atoms with Gasteiger partial charge in [0.1, 0.15) is 11.5 Å². The molecule has 9 nitrogen and oxygen atoms in total. The summed E-state index contributed by atoms with van der Waals surface area (Å²) in [5, 5.41) is 36.2. The minimum atomic E-state index is -3.58. The fourth-order valence-corrected chi connectivity index (χ4v) is 4.42. The van der Waals surface area contributed by atoms with Crippen LogP contribution in [0, 0.1) is 0 Å². The van der Waals surface area contributed by atoms with Crippen molar-refractivity contribution in [2.45, 2.75) is 38.5 Å². The zero-order valence-electron chi connectivity index (χ0n) is 21.0. The third-order valence-corrected chi connectivity index (χ3v) is 6.29. The van der Waals surface area contributed by atoms with Gasteiger partial charge < -0.3 is 26.0 Å². The number of nitrogens with one attached hydrogen (secondary N) is 3. The predicted molar refractivity (Wildman–Crippen MR) is 143 cm³/mol. The van der Waals surface area contributed by atoms with E-state index in [1.807, 2.05) is 38.1 Å². The Morgan fingerprint density at radius 2 is 1.65 bits per heavy atom. The van der Waals surface area contributed by atoms with Gasteiger partial charge in [0.15, 0.2) is 0 Å². The molecule has 0 aliphatic heterocycles. The molecule has 0 spiro atoms. The molecule has 1 amide bonds. The minimum Gasteiger partial charge on any atom is -0.508 e. The number of sulfonamides is 1. The molecule has 37 heavy (non-hydrogen) atoms. The zero-order chi connectivity index (χ0) is 27.2. The van der Waals surface area contributed by atoms with Crippen LogP contribution in [0.1, 0.15) is 47.0 Å². The quantitative estimate of drug-likeness (QED) is 0.210. The number of anilines is 1. The van der Waals surface area contributed by atoms with Crippen molar-refractivity contribution in [1.82, 2.24) is 10.6 Å². The largest absolute Gasteiger partial charge is 0.508 e. The van der Waals surface area contributed by atoms with Crippen LogP contribution in [0.3, 0.4) is 0 Å². The van der Waals surface area contributed by atoms with Crippen LogP contribution in [0.25, 0.3) is 0 Å². The highest BCUT2D eigenvalue weighted by Crippen LogP contribution is 2.28. The Hall–Kier alpha value is -3.60. The maximum Gasteiger partial charge on any atom is 0.251 e. The number of phenols is 2. The summed E-state index contributed by atoms with van der Waals surface area (Å²) < 4.78 is 25.3. The Morgan fingerprint density at radius 3 is 2.32 bits per heavy atom. The maximum atomic E-state index is 12.3. The summed E-state index contributed by atoms with van der Waals surface area (Å²) in [5.41, 5.74) is 2.53. The molecule has 0 aliphatic rings. The smallest absolute Gasteiger partial charge is 0.251 e. The molecule has 0 unspecified atom stereocenters. The van der Waals surface area contributed by atoms with E-state index >= 15 is 0 Å². The van der Waals surface area contributed by atoms with Gasteiger partial charge in [-0.25, -0.2) is 8.42 Å². The number of benzene rings is 3. The molecule has 0 aromatic heterocycles. The van der Waals surface area contributed by atoms with E-state index in [0.717, 1.165) is 17.4 Å². The van der Waals surface area contributed by atoms with Crippen LogP contribution in [0.5, 0.6) is 11.5 Å². The molecular weight excluding hydrogens is 494 g/mol. The monoisotopic (exact) mass is 527 g/mol. The summed E-state index contributed by atoms with van der Waals surface area (Å²) in [5.74, 6) is -0.357. The lowest BCUT2D eigenvalue weighted by Crippen LogP contribution is -2.43. The second-order valence-electron chi connectivity index (χ2n) is 9.66. The topological polar surface area (TPSA) is 148 Å². The Labute approximate surface area is 217 Å². The summed E-state index contributed by atoms with van der Waals surface area (Å²) in [7, 11) is -3.58. The SMILES string of the molecule is CC(C)(Cc1cccc(CNC(=O)c2ccc(O)cc2)c1)NC[C@H](O)c1ccc(O)c(NS(C)(=O)=O)c1. The number of aromatic hydroxyl groups is 2. The van der Waals surface area contributed by atoms with Gasteiger partial charge in [-0.1, -0.05) is 30.3 Å². The number of aliphatic hydroxyl groups excluding tert-OH is 1. The number of hydrogen-bond acceptors (Lipinski definition) is 7. The van der Waals surface area contributed by atoms with Crippen molar-refractivity contribution in [3.05, 3.63) is 89.0 Å². The zero-order valence-corrected chi connectivity index (χ0v) is 21.8. The first-order valence-electron chi connectivity index (χ1n) is 11.7. The normalized spacial score (nSPS) is 12.6. The molecule has 0 bridgehead atoms. The minimum absolute atomic E-state index is 0.00706. The first-order valence-corrected chi connectivity index (χ1v) is 13.6. The van der Waals surface area contributed by atoms with E-state index in [1.165, 1.54) is 30.3 Å². The molecule has 3 rings (SSSR count). The van der Waals surface area contributed by atoms with Gasteiger partial charge in [0, 0.05) is 24.2 Å². The highest BCUT2D eigenvalue weighted by Gasteiger charge is 2.21. The summed E-state index contributed by atoms with van der Waals surface area (Å²) in [4.78, 5) is 12.3. The van der Waals surface area contributed by atoms with E-state index in [4.69, 9.17) is 0 Å². The molecule has 0 aliphatic carbocycles. The van der Waals surface area contributed by atoms with Gasteiger partial charge in [-0.15, -0.1) is 0 Å². The lowest BCUT2D eigenvalue weighted by Gasteiger charge is -2.28. The van der Waals surface area contributed by atoms with E-state index < -0.39 is 16.1 Å². The summed E-state index contributed by atoms with van der Waals surface area (Å²) >= 11 is 0. The molecule has 198 valence electrons. The molecule has 0 radical (unpaired) electrons. The molecule has 0 saturated heterocycles. The maximum absolute atomic E-state index is 12.3. The second kappa shape index (κ2) is 11.6. The third kappa shape index (κ3) is 8.78. The van der Waals surface area contributed by atoms with Crippen LogP contribution in [-0.2, 0) is 23.0 Å². The first kappa shape index (κ1) is 28.0. The molecule has 10 heteroatoms. The number of rotatable bonds is 11. The van der Waals surface area contributed by atoms with E-state index in [9.17, 15) is 28.5 Å². The number of carbonyl (C=O) groups is 1. The van der Waals surface area contributed by atoms with Crippen molar-refractivity contribution >= 4 is 21.6 Å². The molecule has 0 saturated carbocycles. The average Bonchev–Trinajstić information content (AvgIpc) is 2.82. The Bertz CT molecular complexity index is 1340. The number of phenolic OH excluding ortho intramolecular Hbond substituents is 2. The number of carbonyl (C=O) groups excluding carboxylic acids is 1. The van der Waals surface area contributed by atoms with Gasteiger partial charge in [0.05, 0.1) is 18.0 Å². The van der Waals surface area contributed by atoms with E-state index in [1.54, 1.807) is 12.1 Å². The molecular formula is C27H33N3O6S. The molecule has 0 heterocycles. The van der Waals surface area contributed by atoms with Crippen molar-refractivity contribution in [3.8, 4) is 11.5 Å². The summed E-state index contributed by atoms with van der Waals surface area (Å²) in [6.07, 6.45) is 0.704. The lowest BCUT2D eigenvalue weighted by molar-refractivity contribution is 0.0951. The number of β-amino-alcohol motifs (C(OH)–C–C–N with tert-alkyl or cyclic N) is 1. The highest BCUT2D eigenvalue weighted by molar-refractivity contribution is 7.92.